The summed E-state index contributed by atoms with van der Waals surface area (Å²) in [7, 11) is 0. The molecular weight excluding hydrogens is 252 g/mol. The Labute approximate surface area is 112 Å². The van der Waals surface area contributed by atoms with E-state index in [4.69, 9.17) is 17.3 Å². The van der Waals surface area contributed by atoms with Crippen LogP contribution in [0.15, 0.2) is 24.3 Å². The van der Waals surface area contributed by atoms with E-state index < -0.39 is 0 Å². The molecule has 0 atom stereocenters. The van der Waals surface area contributed by atoms with Crippen molar-refractivity contribution in [2.24, 2.45) is 5.73 Å². The van der Waals surface area contributed by atoms with Crippen LogP contribution in [0.1, 0.15) is 23.7 Å². The van der Waals surface area contributed by atoms with Gasteiger partial charge in [0.15, 0.2) is 5.78 Å². The van der Waals surface area contributed by atoms with Crippen molar-refractivity contribution in [1.82, 2.24) is 4.90 Å². The molecule has 4 nitrogen and oxygen atoms in total. The summed E-state index contributed by atoms with van der Waals surface area (Å²) >= 11 is 5.94. The zero-order chi connectivity index (χ0) is 13.5. The van der Waals surface area contributed by atoms with Crippen molar-refractivity contribution in [2.75, 3.05) is 19.6 Å². The first-order chi connectivity index (χ1) is 8.60. The highest BCUT2D eigenvalue weighted by atomic mass is 35.5. The average Bonchev–Trinajstić information content (AvgIpc) is 2.37. The first kappa shape index (κ1) is 14.7. The van der Waals surface area contributed by atoms with Crippen molar-refractivity contribution in [3.63, 3.8) is 0 Å². The second-order valence-electron chi connectivity index (χ2n) is 3.86. The first-order valence-electron chi connectivity index (χ1n) is 5.85. The summed E-state index contributed by atoms with van der Waals surface area (Å²) in [6, 6.07) is 6.81. The molecule has 0 saturated heterocycles. The maximum Gasteiger partial charge on any atom is 0.222 e. The minimum absolute atomic E-state index is 0.0214. The SMILES string of the molecule is CCC(=O)N(CCN)CC(=O)c1ccccc1Cl. The Morgan fingerprint density at radius 2 is 2.00 bits per heavy atom. The molecule has 0 aromatic heterocycles. The summed E-state index contributed by atoms with van der Waals surface area (Å²) in [6.45, 7) is 2.49. The van der Waals surface area contributed by atoms with Gasteiger partial charge in [-0.05, 0) is 12.1 Å². The van der Waals surface area contributed by atoms with E-state index in [1.165, 1.54) is 4.90 Å². The second-order valence-corrected chi connectivity index (χ2v) is 4.27. The Kier molecular flexibility index (Phi) is 5.82. The number of ketones is 1. The summed E-state index contributed by atoms with van der Waals surface area (Å²) in [5.41, 5.74) is 5.87. The third-order valence-electron chi connectivity index (χ3n) is 2.56. The van der Waals surface area contributed by atoms with Gasteiger partial charge in [0.1, 0.15) is 0 Å². The highest BCUT2D eigenvalue weighted by Crippen LogP contribution is 2.16. The lowest BCUT2D eigenvalue weighted by molar-refractivity contribution is -0.130. The monoisotopic (exact) mass is 268 g/mol. The molecular formula is C13H17ClN2O2. The normalized spacial score (nSPS) is 10.2. The second kappa shape index (κ2) is 7.13. The molecule has 5 heteroatoms. The number of amides is 1. The molecule has 0 aliphatic carbocycles. The number of benzene rings is 1. The summed E-state index contributed by atoms with van der Waals surface area (Å²) < 4.78 is 0. The Bertz CT molecular complexity index is 435. The van der Waals surface area contributed by atoms with Crippen LogP contribution in [0, 0.1) is 0 Å². The van der Waals surface area contributed by atoms with E-state index in [0.29, 0.717) is 30.1 Å². The smallest absolute Gasteiger partial charge is 0.222 e. The predicted octanol–water partition coefficient (Wildman–Crippen LogP) is 1.72. The summed E-state index contributed by atoms with van der Waals surface area (Å²) in [4.78, 5) is 25.2. The lowest BCUT2D eigenvalue weighted by atomic mass is 10.1. The van der Waals surface area contributed by atoms with Crippen LogP contribution < -0.4 is 5.73 Å². The Morgan fingerprint density at radius 3 is 2.56 bits per heavy atom. The van der Waals surface area contributed by atoms with Gasteiger partial charge in [-0.2, -0.15) is 0 Å². The molecule has 0 spiro atoms. The molecule has 18 heavy (non-hydrogen) atoms. The van der Waals surface area contributed by atoms with E-state index in [9.17, 15) is 9.59 Å². The molecule has 2 N–H and O–H groups in total. The standard InChI is InChI=1S/C13H17ClN2O2/c1-2-13(18)16(8-7-15)9-12(17)10-5-3-4-6-11(10)14/h3-6H,2,7-9,15H2,1H3. The van der Waals surface area contributed by atoms with Gasteiger partial charge in [-0.25, -0.2) is 0 Å². The van der Waals surface area contributed by atoms with Crippen molar-refractivity contribution in [1.29, 1.82) is 0 Å². The molecule has 1 aromatic rings. The Balaban J connectivity index is 2.79. The number of hydrogen-bond acceptors (Lipinski definition) is 3. The van der Waals surface area contributed by atoms with Crippen molar-refractivity contribution in [2.45, 2.75) is 13.3 Å². The largest absolute Gasteiger partial charge is 0.334 e. The lowest BCUT2D eigenvalue weighted by Gasteiger charge is -2.20. The maximum atomic E-state index is 12.1. The Morgan fingerprint density at radius 1 is 1.33 bits per heavy atom. The Hall–Kier alpha value is -1.39. The van der Waals surface area contributed by atoms with E-state index in [1.54, 1.807) is 31.2 Å². The van der Waals surface area contributed by atoms with E-state index in [-0.39, 0.29) is 18.2 Å². The van der Waals surface area contributed by atoms with Crippen molar-refractivity contribution in [3.8, 4) is 0 Å². The van der Waals surface area contributed by atoms with E-state index >= 15 is 0 Å². The lowest BCUT2D eigenvalue weighted by Crippen LogP contribution is -2.38. The fourth-order valence-corrected chi connectivity index (χ4v) is 1.86. The van der Waals surface area contributed by atoms with Gasteiger partial charge in [-0.1, -0.05) is 30.7 Å². The van der Waals surface area contributed by atoms with Crippen molar-refractivity contribution >= 4 is 23.3 Å². The molecule has 0 radical (unpaired) electrons. The molecule has 0 heterocycles. The van der Waals surface area contributed by atoms with Crippen LogP contribution in [0.2, 0.25) is 5.02 Å². The van der Waals surface area contributed by atoms with Crippen LogP contribution in [-0.4, -0.2) is 36.2 Å². The zero-order valence-electron chi connectivity index (χ0n) is 10.4. The number of nitrogens with two attached hydrogens (primary N) is 1. The van der Waals surface area contributed by atoms with Gasteiger partial charge in [0, 0.05) is 25.1 Å². The van der Waals surface area contributed by atoms with Gasteiger partial charge in [0.25, 0.3) is 0 Å². The number of halogens is 1. The topological polar surface area (TPSA) is 63.4 Å². The van der Waals surface area contributed by atoms with Crippen LogP contribution >= 0.6 is 11.6 Å². The highest BCUT2D eigenvalue weighted by Gasteiger charge is 2.17. The quantitative estimate of drug-likeness (QED) is 0.799. The number of rotatable bonds is 6. The van der Waals surface area contributed by atoms with Gasteiger partial charge < -0.3 is 10.6 Å². The molecule has 1 rings (SSSR count). The minimum Gasteiger partial charge on any atom is -0.334 e. The highest BCUT2D eigenvalue weighted by molar-refractivity contribution is 6.34. The van der Waals surface area contributed by atoms with Gasteiger partial charge in [0.05, 0.1) is 11.6 Å². The molecule has 0 fully saturated rings. The molecule has 0 bridgehead atoms. The fraction of sp³-hybridized carbons (Fsp3) is 0.385. The van der Waals surface area contributed by atoms with Crippen LogP contribution in [0.5, 0.6) is 0 Å². The summed E-state index contributed by atoms with van der Waals surface area (Å²) in [6.07, 6.45) is 0.357. The third-order valence-corrected chi connectivity index (χ3v) is 2.89. The molecule has 1 aromatic carbocycles. The minimum atomic E-state index is -0.171. The van der Waals surface area contributed by atoms with Crippen LogP contribution in [0.25, 0.3) is 0 Å². The number of carbonyl (C=O) groups excluding carboxylic acids is 2. The number of carbonyl (C=O) groups is 2. The van der Waals surface area contributed by atoms with Crippen LogP contribution in [0.4, 0.5) is 0 Å². The van der Waals surface area contributed by atoms with Gasteiger partial charge >= 0.3 is 0 Å². The molecule has 0 saturated carbocycles. The van der Waals surface area contributed by atoms with Gasteiger partial charge in [-0.3, -0.25) is 9.59 Å². The summed E-state index contributed by atoms with van der Waals surface area (Å²) in [5, 5.41) is 0.402. The average molecular weight is 269 g/mol. The first-order valence-corrected chi connectivity index (χ1v) is 6.23. The number of Topliss-reactive ketones (excluding diaryl/α,β-unsaturated/α-hetero) is 1. The number of nitrogens with zero attached hydrogens (tertiary/aromatic N) is 1. The molecule has 0 aliphatic heterocycles. The molecule has 0 unspecified atom stereocenters. The van der Waals surface area contributed by atoms with E-state index in [0.717, 1.165) is 0 Å². The van der Waals surface area contributed by atoms with Crippen LogP contribution in [0.3, 0.4) is 0 Å². The zero-order valence-corrected chi connectivity index (χ0v) is 11.1. The van der Waals surface area contributed by atoms with Crippen molar-refractivity contribution in [3.05, 3.63) is 34.9 Å². The summed E-state index contributed by atoms with van der Waals surface area (Å²) in [5.74, 6) is -0.253. The van der Waals surface area contributed by atoms with Crippen LogP contribution in [-0.2, 0) is 4.79 Å². The van der Waals surface area contributed by atoms with Gasteiger partial charge in [0.2, 0.25) is 5.91 Å². The maximum absolute atomic E-state index is 12.1. The third kappa shape index (κ3) is 3.82. The fourth-order valence-electron chi connectivity index (χ4n) is 1.62. The van der Waals surface area contributed by atoms with Gasteiger partial charge in [-0.15, -0.1) is 0 Å². The van der Waals surface area contributed by atoms with E-state index in [1.807, 2.05) is 0 Å². The van der Waals surface area contributed by atoms with Crippen molar-refractivity contribution < 1.29 is 9.59 Å². The predicted molar refractivity (Wildman–Crippen MR) is 71.7 cm³/mol. The number of hydrogen-bond donors (Lipinski definition) is 1. The molecule has 1 amide bonds. The molecule has 98 valence electrons. The van der Waals surface area contributed by atoms with E-state index in [2.05, 4.69) is 0 Å². The molecule has 0 aliphatic rings.